The Morgan fingerprint density at radius 3 is 2.47 bits per heavy atom. The van der Waals surface area contributed by atoms with Gasteiger partial charge >= 0.3 is 0 Å². The summed E-state index contributed by atoms with van der Waals surface area (Å²) < 4.78 is 3.01. The summed E-state index contributed by atoms with van der Waals surface area (Å²) in [6, 6.07) is 18.8. The number of hydrogen-bond acceptors (Lipinski definition) is 5. The lowest BCUT2D eigenvalue weighted by Gasteiger charge is -2.13. The molecule has 0 N–H and O–H groups in total. The molecule has 9 heteroatoms. The Balaban J connectivity index is 1.62. The molecular weight excluding hydrogens is 467 g/mol. The summed E-state index contributed by atoms with van der Waals surface area (Å²) in [7, 11) is 0. The molecule has 5 rings (SSSR count). The zero-order valence-corrected chi connectivity index (χ0v) is 18.7. The van der Waals surface area contributed by atoms with E-state index < -0.39 is 0 Å². The summed E-state index contributed by atoms with van der Waals surface area (Å²) in [6.07, 6.45) is 1.68. The summed E-state index contributed by atoms with van der Waals surface area (Å²) in [5.41, 5.74) is 1.90. The second kappa shape index (κ2) is 8.43. The van der Waals surface area contributed by atoms with Crippen molar-refractivity contribution in [2.75, 3.05) is 0 Å². The van der Waals surface area contributed by atoms with Crippen LogP contribution in [0.3, 0.4) is 0 Å². The summed E-state index contributed by atoms with van der Waals surface area (Å²) in [4.78, 5) is 35.0. The largest absolute Gasteiger partial charge is 0.269 e. The number of nitrogens with zero attached hydrogens (tertiary/aromatic N) is 4. The highest BCUT2D eigenvalue weighted by Gasteiger charge is 2.15. The van der Waals surface area contributed by atoms with E-state index in [2.05, 4.69) is 4.98 Å². The Hall–Kier alpha value is -3.13. The van der Waals surface area contributed by atoms with Crippen LogP contribution in [0.2, 0.25) is 10.0 Å². The molecule has 158 valence electrons. The standard InChI is InChI=1S/C23H14Cl2N4O2S/c24-14-4-7-17(8-5-14)29-22(31)18-9-6-15(25)11-19(18)27-23(29)32-13-16-12-21(30)28-10-2-1-3-20(28)26-16/h1-12H,13H2. The van der Waals surface area contributed by atoms with E-state index in [0.29, 0.717) is 48.9 Å². The average Bonchev–Trinajstić information content (AvgIpc) is 2.78. The SMILES string of the molecule is O=c1c2ccc(Cl)cc2nc(SCc2cc(=O)n3ccccc3n2)n1-c1ccc(Cl)cc1. The molecule has 0 aliphatic rings. The third-order valence-corrected chi connectivity index (χ3v) is 6.32. The number of hydrogen-bond donors (Lipinski definition) is 0. The highest BCUT2D eigenvalue weighted by molar-refractivity contribution is 7.98. The summed E-state index contributed by atoms with van der Waals surface area (Å²) in [5.74, 6) is 0.354. The molecule has 0 fully saturated rings. The minimum Gasteiger partial charge on any atom is -0.269 e. The van der Waals surface area contributed by atoms with E-state index in [0.717, 1.165) is 0 Å². The molecule has 3 aromatic heterocycles. The van der Waals surface area contributed by atoms with Crippen LogP contribution in [0.5, 0.6) is 0 Å². The maximum absolute atomic E-state index is 13.4. The van der Waals surface area contributed by atoms with Gasteiger partial charge in [-0.05, 0) is 54.6 Å². The van der Waals surface area contributed by atoms with Crippen molar-refractivity contribution >= 4 is 51.5 Å². The maximum Gasteiger partial charge on any atom is 0.266 e. The third kappa shape index (κ3) is 3.90. The fourth-order valence-electron chi connectivity index (χ4n) is 3.37. The molecular formula is C23H14Cl2N4O2S. The Morgan fingerprint density at radius 1 is 0.875 bits per heavy atom. The molecule has 0 bridgehead atoms. The van der Waals surface area contributed by atoms with Crippen molar-refractivity contribution in [1.29, 1.82) is 0 Å². The van der Waals surface area contributed by atoms with E-state index in [1.54, 1.807) is 60.8 Å². The summed E-state index contributed by atoms with van der Waals surface area (Å²) in [6.45, 7) is 0. The van der Waals surface area contributed by atoms with Crippen molar-refractivity contribution in [3.05, 3.63) is 109 Å². The first-order valence-electron chi connectivity index (χ1n) is 9.58. The van der Waals surface area contributed by atoms with E-state index >= 15 is 0 Å². The van der Waals surface area contributed by atoms with Gasteiger partial charge < -0.3 is 0 Å². The third-order valence-electron chi connectivity index (χ3n) is 4.86. The monoisotopic (exact) mass is 480 g/mol. The van der Waals surface area contributed by atoms with Crippen LogP contribution >= 0.6 is 35.0 Å². The first-order valence-corrected chi connectivity index (χ1v) is 11.3. The van der Waals surface area contributed by atoms with Crippen LogP contribution in [-0.2, 0) is 5.75 Å². The lowest BCUT2D eigenvalue weighted by molar-refractivity contribution is 0.819. The molecule has 0 unspecified atom stereocenters. The van der Waals surface area contributed by atoms with Gasteiger partial charge in [0.05, 0.1) is 22.3 Å². The second-order valence-electron chi connectivity index (χ2n) is 6.98. The van der Waals surface area contributed by atoms with E-state index in [1.807, 2.05) is 6.07 Å². The molecule has 0 spiro atoms. The van der Waals surface area contributed by atoms with Gasteiger partial charge in [0.25, 0.3) is 11.1 Å². The molecule has 0 saturated heterocycles. The van der Waals surface area contributed by atoms with Gasteiger partial charge in [-0.15, -0.1) is 0 Å². The highest BCUT2D eigenvalue weighted by Crippen LogP contribution is 2.25. The van der Waals surface area contributed by atoms with Crippen LogP contribution < -0.4 is 11.1 Å². The van der Waals surface area contributed by atoms with E-state index in [4.69, 9.17) is 28.2 Å². The number of fused-ring (bicyclic) bond motifs is 2. The molecule has 0 radical (unpaired) electrons. The van der Waals surface area contributed by atoms with Gasteiger partial charge in [0.2, 0.25) is 0 Å². The minimum absolute atomic E-state index is 0.167. The number of rotatable bonds is 4. The van der Waals surface area contributed by atoms with Crippen LogP contribution in [0.25, 0.3) is 22.2 Å². The number of halogens is 2. The van der Waals surface area contributed by atoms with Crippen molar-refractivity contribution in [3.8, 4) is 5.69 Å². The Kier molecular flexibility index (Phi) is 5.46. The topological polar surface area (TPSA) is 69.3 Å². The second-order valence-corrected chi connectivity index (χ2v) is 8.79. The summed E-state index contributed by atoms with van der Waals surface area (Å²) in [5, 5.41) is 1.98. The first-order chi connectivity index (χ1) is 15.5. The van der Waals surface area contributed by atoms with Gasteiger partial charge in [0.15, 0.2) is 5.16 Å². The van der Waals surface area contributed by atoms with Gasteiger partial charge in [-0.25, -0.2) is 9.97 Å². The van der Waals surface area contributed by atoms with Crippen molar-refractivity contribution in [1.82, 2.24) is 18.9 Å². The van der Waals surface area contributed by atoms with Gasteiger partial charge in [-0.3, -0.25) is 18.6 Å². The highest BCUT2D eigenvalue weighted by atomic mass is 35.5. The molecule has 6 nitrogen and oxygen atoms in total. The zero-order valence-electron chi connectivity index (χ0n) is 16.4. The normalized spacial score (nSPS) is 11.3. The molecule has 0 saturated carbocycles. The predicted molar refractivity (Wildman–Crippen MR) is 128 cm³/mol. The lowest BCUT2D eigenvalue weighted by atomic mass is 10.2. The molecule has 0 aliphatic carbocycles. The van der Waals surface area contributed by atoms with Crippen LogP contribution in [0.15, 0.2) is 87.7 Å². The first kappa shape index (κ1) is 20.8. The lowest BCUT2D eigenvalue weighted by Crippen LogP contribution is -2.22. The number of benzene rings is 2. The van der Waals surface area contributed by atoms with Gasteiger partial charge in [-0.1, -0.05) is 41.0 Å². The van der Waals surface area contributed by atoms with E-state index in [-0.39, 0.29) is 11.1 Å². The van der Waals surface area contributed by atoms with Crippen molar-refractivity contribution in [3.63, 3.8) is 0 Å². The van der Waals surface area contributed by atoms with Gasteiger partial charge in [0.1, 0.15) is 5.65 Å². The predicted octanol–water partition coefficient (Wildman–Crippen LogP) is 4.99. The van der Waals surface area contributed by atoms with E-state index in [9.17, 15) is 9.59 Å². The Labute approximate surface area is 196 Å². The fourth-order valence-corrected chi connectivity index (χ4v) is 4.57. The van der Waals surface area contributed by atoms with Crippen LogP contribution in [0.1, 0.15) is 5.69 Å². The number of aromatic nitrogens is 4. The molecule has 3 heterocycles. The van der Waals surface area contributed by atoms with Gasteiger partial charge in [0, 0.05) is 28.1 Å². The fraction of sp³-hybridized carbons (Fsp3) is 0.0435. The van der Waals surface area contributed by atoms with E-state index in [1.165, 1.54) is 26.8 Å². The molecule has 0 atom stereocenters. The molecule has 2 aromatic carbocycles. The maximum atomic E-state index is 13.4. The number of thioether (sulfide) groups is 1. The van der Waals surface area contributed by atoms with Crippen LogP contribution in [0.4, 0.5) is 0 Å². The van der Waals surface area contributed by atoms with Crippen molar-refractivity contribution in [2.45, 2.75) is 10.9 Å². The molecule has 32 heavy (non-hydrogen) atoms. The quantitative estimate of drug-likeness (QED) is 0.267. The van der Waals surface area contributed by atoms with Gasteiger partial charge in [-0.2, -0.15) is 0 Å². The Bertz CT molecular complexity index is 1600. The van der Waals surface area contributed by atoms with Crippen molar-refractivity contribution < 1.29 is 0 Å². The Morgan fingerprint density at radius 2 is 1.66 bits per heavy atom. The minimum atomic E-state index is -0.219. The van der Waals surface area contributed by atoms with Crippen LogP contribution in [0, 0.1) is 0 Å². The molecule has 5 aromatic rings. The molecule has 0 aliphatic heterocycles. The van der Waals surface area contributed by atoms with Crippen molar-refractivity contribution in [2.24, 2.45) is 0 Å². The zero-order chi connectivity index (χ0) is 22.2. The summed E-state index contributed by atoms with van der Waals surface area (Å²) >= 11 is 13.5. The molecule has 0 amide bonds. The number of pyridine rings is 1. The van der Waals surface area contributed by atoms with Crippen LogP contribution in [-0.4, -0.2) is 18.9 Å². The average molecular weight is 481 g/mol. The smallest absolute Gasteiger partial charge is 0.266 e.